The molecule has 4 aromatic rings. The molecule has 0 saturated carbocycles. The van der Waals surface area contributed by atoms with E-state index >= 15 is 0 Å². The smallest absolute Gasteiger partial charge is 0.279 e. The molecule has 2 aromatic heterocycles. The van der Waals surface area contributed by atoms with Gasteiger partial charge in [-0.25, -0.2) is 0 Å². The van der Waals surface area contributed by atoms with Gasteiger partial charge in [0, 0.05) is 17.5 Å². The minimum atomic E-state index is -0.373. The fraction of sp³-hybridized carbons (Fsp3) is 0.190. The molecule has 1 N–H and O–H groups in total. The van der Waals surface area contributed by atoms with Gasteiger partial charge in [0.15, 0.2) is 11.5 Å². The third-order valence-corrected chi connectivity index (χ3v) is 4.17. The first kappa shape index (κ1) is 17.8. The number of benzene rings is 2. The summed E-state index contributed by atoms with van der Waals surface area (Å²) in [5.41, 5.74) is 2.18. The highest BCUT2D eigenvalue weighted by atomic mass is 16.5. The fourth-order valence-electron chi connectivity index (χ4n) is 2.97. The summed E-state index contributed by atoms with van der Waals surface area (Å²) in [7, 11) is 0. The van der Waals surface area contributed by atoms with Gasteiger partial charge in [-0.1, -0.05) is 35.5 Å². The Labute approximate surface area is 161 Å². The lowest BCUT2D eigenvalue weighted by Crippen LogP contribution is -2.13. The number of carbonyl (C=O) groups excluding carboxylic acids is 1. The maximum absolute atomic E-state index is 12.4. The van der Waals surface area contributed by atoms with Crippen LogP contribution in [-0.2, 0) is 6.54 Å². The number of aromatic nitrogens is 3. The second kappa shape index (κ2) is 7.56. The second-order valence-electron chi connectivity index (χ2n) is 6.68. The molecule has 0 spiro atoms. The van der Waals surface area contributed by atoms with Crippen LogP contribution in [0.3, 0.4) is 0 Å². The van der Waals surface area contributed by atoms with Crippen LogP contribution in [0.25, 0.3) is 10.9 Å². The van der Waals surface area contributed by atoms with Crippen molar-refractivity contribution < 1.29 is 14.1 Å². The molecule has 0 unspecified atom stereocenters. The van der Waals surface area contributed by atoms with Gasteiger partial charge in [-0.2, -0.15) is 5.10 Å². The standard InChI is InChI=1S/C21H20N4O3/c1-14(2)28-16-8-9-17-19(12-16)25(13-15-6-4-3-5-7-15)23-20(17)22-21(26)18-10-11-27-24-18/h3-12,14H,13H2,1-2H3,(H,22,23,26). The predicted molar refractivity (Wildman–Crippen MR) is 105 cm³/mol. The number of hydrogen-bond donors (Lipinski definition) is 1. The van der Waals surface area contributed by atoms with Crippen LogP contribution in [0.1, 0.15) is 29.9 Å². The van der Waals surface area contributed by atoms with E-state index in [4.69, 9.17) is 9.26 Å². The molecule has 4 rings (SSSR count). The van der Waals surface area contributed by atoms with Crippen LogP contribution >= 0.6 is 0 Å². The van der Waals surface area contributed by atoms with Crippen LogP contribution in [0.5, 0.6) is 5.75 Å². The number of carbonyl (C=O) groups is 1. The van der Waals surface area contributed by atoms with Crippen LogP contribution in [0.2, 0.25) is 0 Å². The number of hydrogen-bond acceptors (Lipinski definition) is 5. The Morgan fingerprint density at radius 3 is 2.71 bits per heavy atom. The van der Waals surface area contributed by atoms with Crippen LogP contribution in [0.15, 0.2) is 65.4 Å². The molecule has 7 heteroatoms. The summed E-state index contributed by atoms with van der Waals surface area (Å²) in [6.07, 6.45) is 1.42. The number of anilines is 1. The molecule has 0 saturated heterocycles. The lowest BCUT2D eigenvalue weighted by atomic mass is 10.2. The van der Waals surface area contributed by atoms with Crippen molar-refractivity contribution in [3.05, 3.63) is 72.1 Å². The third-order valence-electron chi connectivity index (χ3n) is 4.17. The summed E-state index contributed by atoms with van der Waals surface area (Å²) in [6.45, 7) is 4.53. The molecule has 0 aliphatic carbocycles. The van der Waals surface area contributed by atoms with Gasteiger partial charge >= 0.3 is 0 Å². The van der Waals surface area contributed by atoms with Crippen molar-refractivity contribution in [2.45, 2.75) is 26.5 Å². The van der Waals surface area contributed by atoms with Crippen molar-refractivity contribution >= 4 is 22.6 Å². The summed E-state index contributed by atoms with van der Waals surface area (Å²) in [4.78, 5) is 12.4. The Morgan fingerprint density at radius 1 is 1.18 bits per heavy atom. The first-order valence-electron chi connectivity index (χ1n) is 9.03. The van der Waals surface area contributed by atoms with E-state index in [2.05, 4.69) is 15.6 Å². The monoisotopic (exact) mass is 376 g/mol. The SMILES string of the molecule is CC(C)Oc1ccc2c(NC(=O)c3ccon3)nn(Cc3ccccc3)c2c1. The van der Waals surface area contributed by atoms with E-state index in [9.17, 15) is 4.79 Å². The molecule has 0 radical (unpaired) electrons. The molecule has 0 fully saturated rings. The van der Waals surface area contributed by atoms with Gasteiger partial charge in [0.2, 0.25) is 0 Å². The van der Waals surface area contributed by atoms with Gasteiger partial charge in [0.05, 0.1) is 18.2 Å². The summed E-state index contributed by atoms with van der Waals surface area (Å²) < 4.78 is 12.4. The molecule has 0 atom stereocenters. The number of amides is 1. The first-order valence-corrected chi connectivity index (χ1v) is 9.03. The minimum Gasteiger partial charge on any atom is -0.491 e. The number of nitrogens with one attached hydrogen (secondary N) is 1. The maximum atomic E-state index is 12.4. The lowest BCUT2D eigenvalue weighted by molar-refractivity contribution is 0.101. The number of fused-ring (bicyclic) bond motifs is 1. The summed E-state index contributed by atoms with van der Waals surface area (Å²) >= 11 is 0. The van der Waals surface area contributed by atoms with Crippen LogP contribution in [0, 0.1) is 0 Å². The van der Waals surface area contributed by atoms with E-state index in [0.717, 1.165) is 22.2 Å². The zero-order valence-corrected chi connectivity index (χ0v) is 15.6. The molecule has 0 aliphatic rings. The Hall–Kier alpha value is -3.61. The van der Waals surface area contributed by atoms with Gasteiger partial charge in [-0.15, -0.1) is 0 Å². The average Bonchev–Trinajstić information content (AvgIpc) is 3.31. The first-order chi connectivity index (χ1) is 13.6. The van der Waals surface area contributed by atoms with Gasteiger partial charge in [0.25, 0.3) is 5.91 Å². The van der Waals surface area contributed by atoms with Crippen molar-refractivity contribution in [2.75, 3.05) is 5.32 Å². The third kappa shape index (κ3) is 3.73. The van der Waals surface area contributed by atoms with Crippen LogP contribution < -0.4 is 10.1 Å². The predicted octanol–water partition coefficient (Wildman–Crippen LogP) is 4.11. The molecule has 2 heterocycles. The number of nitrogens with zero attached hydrogens (tertiary/aromatic N) is 3. The maximum Gasteiger partial charge on any atom is 0.279 e. The van der Waals surface area contributed by atoms with E-state index in [0.29, 0.717) is 12.4 Å². The highest BCUT2D eigenvalue weighted by Gasteiger charge is 2.17. The minimum absolute atomic E-state index is 0.0642. The Bertz CT molecular complexity index is 1090. The topological polar surface area (TPSA) is 82.2 Å². The quantitative estimate of drug-likeness (QED) is 0.547. The van der Waals surface area contributed by atoms with Crippen molar-refractivity contribution in [2.24, 2.45) is 0 Å². The van der Waals surface area contributed by atoms with Crippen molar-refractivity contribution in [3.8, 4) is 5.75 Å². The zero-order chi connectivity index (χ0) is 19.5. The Kier molecular flexibility index (Phi) is 4.80. The summed E-state index contributed by atoms with van der Waals surface area (Å²) in [6, 6.07) is 17.3. The number of rotatable bonds is 6. The molecule has 2 aromatic carbocycles. The van der Waals surface area contributed by atoms with Gasteiger partial charge in [-0.05, 0) is 31.5 Å². The van der Waals surface area contributed by atoms with Crippen molar-refractivity contribution in [3.63, 3.8) is 0 Å². The highest BCUT2D eigenvalue weighted by Crippen LogP contribution is 2.28. The molecule has 1 amide bonds. The summed E-state index contributed by atoms with van der Waals surface area (Å²) in [5.74, 6) is 0.851. The van der Waals surface area contributed by atoms with Gasteiger partial charge in [-0.3, -0.25) is 9.48 Å². The van der Waals surface area contributed by atoms with Crippen molar-refractivity contribution in [1.29, 1.82) is 0 Å². The van der Waals surface area contributed by atoms with Crippen LogP contribution in [0.4, 0.5) is 5.82 Å². The van der Waals surface area contributed by atoms with Crippen molar-refractivity contribution in [1.82, 2.24) is 14.9 Å². The second-order valence-corrected chi connectivity index (χ2v) is 6.68. The Morgan fingerprint density at radius 2 is 2.00 bits per heavy atom. The van der Waals surface area contributed by atoms with E-state index in [1.807, 2.05) is 67.1 Å². The normalized spacial score (nSPS) is 11.1. The summed E-state index contributed by atoms with van der Waals surface area (Å²) in [5, 5.41) is 11.9. The molecular weight excluding hydrogens is 356 g/mol. The number of ether oxygens (including phenoxy) is 1. The Balaban J connectivity index is 1.73. The van der Waals surface area contributed by atoms with Gasteiger partial charge in [0.1, 0.15) is 12.0 Å². The van der Waals surface area contributed by atoms with E-state index < -0.39 is 0 Å². The van der Waals surface area contributed by atoms with E-state index in [1.54, 1.807) is 0 Å². The van der Waals surface area contributed by atoms with E-state index in [-0.39, 0.29) is 17.7 Å². The molecular formula is C21H20N4O3. The molecule has 7 nitrogen and oxygen atoms in total. The highest BCUT2D eigenvalue weighted by molar-refractivity contribution is 6.06. The largest absolute Gasteiger partial charge is 0.491 e. The molecule has 142 valence electrons. The average molecular weight is 376 g/mol. The molecule has 0 aliphatic heterocycles. The van der Waals surface area contributed by atoms with E-state index in [1.165, 1.54) is 12.3 Å². The molecule has 28 heavy (non-hydrogen) atoms. The zero-order valence-electron chi connectivity index (χ0n) is 15.6. The molecule has 0 bridgehead atoms. The lowest BCUT2D eigenvalue weighted by Gasteiger charge is -2.10. The van der Waals surface area contributed by atoms with Gasteiger partial charge < -0.3 is 14.6 Å². The fourth-order valence-corrected chi connectivity index (χ4v) is 2.97. The van der Waals surface area contributed by atoms with Crippen LogP contribution in [-0.4, -0.2) is 26.9 Å².